The summed E-state index contributed by atoms with van der Waals surface area (Å²) in [5.74, 6) is 0. The van der Waals surface area contributed by atoms with Crippen molar-refractivity contribution in [2.75, 3.05) is 13.7 Å². The molecule has 1 aliphatic heterocycles. The molecule has 0 amide bonds. The number of nitrogens with zero attached hydrogens (tertiary/aromatic N) is 2. The molecule has 4 nitrogen and oxygen atoms in total. The number of nitrogens with one attached hydrogen (secondary N) is 1. The summed E-state index contributed by atoms with van der Waals surface area (Å²) in [6.07, 6.45) is 6.42. The van der Waals surface area contributed by atoms with Crippen molar-refractivity contribution in [3.05, 3.63) is 18.0 Å². The average molecular weight is 265 g/mol. The van der Waals surface area contributed by atoms with Crippen molar-refractivity contribution >= 4 is 0 Å². The van der Waals surface area contributed by atoms with Crippen LogP contribution in [0, 0.1) is 0 Å². The van der Waals surface area contributed by atoms with E-state index in [1.807, 2.05) is 7.05 Å². The lowest BCUT2D eigenvalue weighted by Crippen LogP contribution is -2.48. The molecule has 2 rings (SSSR count). The van der Waals surface area contributed by atoms with Crippen LogP contribution in [0.2, 0.25) is 0 Å². The maximum Gasteiger partial charge on any atom is 0.0811 e. The molecule has 0 saturated carbocycles. The maximum atomic E-state index is 5.94. The molecular weight excluding hydrogens is 238 g/mol. The number of hydrogen-bond donors (Lipinski definition) is 1. The molecule has 4 heteroatoms. The summed E-state index contributed by atoms with van der Waals surface area (Å²) in [5.41, 5.74) is 1.10. The molecule has 19 heavy (non-hydrogen) atoms. The Labute approximate surface area is 116 Å². The van der Waals surface area contributed by atoms with Crippen molar-refractivity contribution < 1.29 is 4.74 Å². The number of likely N-dealkylation sites (N-methyl/N-ethyl adjacent to an activating group) is 1. The molecule has 1 N–H and O–H groups in total. The molecular formula is C15H27N3O. The van der Waals surface area contributed by atoms with Gasteiger partial charge in [0.05, 0.1) is 11.3 Å². The molecule has 0 aromatic carbocycles. The first-order valence-corrected chi connectivity index (χ1v) is 7.44. The van der Waals surface area contributed by atoms with Crippen molar-refractivity contribution in [3.63, 3.8) is 0 Å². The number of aromatic nitrogens is 2. The zero-order valence-corrected chi connectivity index (χ0v) is 12.6. The summed E-state index contributed by atoms with van der Waals surface area (Å²) in [5, 5.41) is 8.10. The van der Waals surface area contributed by atoms with Gasteiger partial charge in [0.25, 0.3) is 0 Å². The average Bonchev–Trinajstić information content (AvgIpc) is 3.04. The molecule has 1 saturated heterocycles. The van der Waals surface area contributed by atoms with Crippen LogP contribution in [0.1, 0.15) is 51.8 Å². The second-order valence-corrected chi connectivity index (χ2v) is 5.85. The van der Waals surface area contributed by atoms with Gasteiger partial charge in [-0.1, -0.05) is 6.92 Å². The minimum atomic E-state index is -0.0467. The maximum absolute atomic E-state index is 5.94. The fourth-order valence-corrected chi connectivity index (χ4v) is 2.83. The van der Waals surface area contributed by atoms with E-state index in [0.29, 0.717) is 12.1 Å². The van der Waals surface area contributed by atoms with Crippen LogP contribution in [0.5, 0.6) is 0 Å². The Morgan fingerprint density at radius 1 is 1.58 bits per heavy atom. The third kappa shape index (κ3) is 3.18. The third-order valence-electron chi connectivity index (χ3n) is 4.45. The lowest BCUT2D eigenvalue weighted by Gasteiger charge is -2.32. The van der Waals surface area contributed by atoms with E-state index in [-0.39, 0.29) is 5.60 Å². The first-order chi connectivity index (χ1) is 9.09. The van der Waals surface area contributed by atoms with E-state index < -0.39 is 0 Å². The van der Waals surface area contributed by atoms with Crippen molar-refractivity contribution in [2.45, 2.75) is 64.1 Å². The Bertz CT molecular complexity index is 396. The van der Waals surface area contributed by atoms with Crippen LogP contribution in [0.3, 0.4) is 0 Å². The summed E-state index contributed by atoms with van der Waals surface area (Å²) < 4.78 is 8.01. The predicted molar refractivity (Wildman–Crippen MR) is 77.4 cm³/mol. The van der Waals surface area contributed by atoms with E-state index >= 15 is 0 Å². The highest BCUT2D eigenvalue weighted by atomic mass is 16.5. The van der Waals surface area contributed by atoms with Crippen molar-refractivity contribution in [1.29, 1.82) is 0 Å². The van der Waals surface area contributed by atoms with Crippen LogP contribution < -0.4 is 5.32 Å². The molecule has 0 spiro atoms. The minimum absolute atomic E-state index is 0.0467. The molecule has 1 aromatic rings. The van der Waals surface area contributed by atoms with Crippen molar-refractivity contribution in [3.8, 4) is 0 Å². The molecule has 1 aliphatic rings. The zero-order chi connectivity index (χ0) is 13.9. The second-order valence-electron chi connectivity index (χ2n) is 5.85. The number of hydrogen-bond acceptors (Lipinski definition) is 3. The lowest BCUT2D eigenvalue weighted by atomic mass is 9.90. The summed E-state index contributed by atoms with van der Waals surface area (Å²) in [4.78, 5) is 0. The smallest absolute Gasteiger partial charge is 0.0811 e. The number of ether oxygens (including phenoxy) is 1. The molecule has 1 fully saturated rings. The Morgan fingerprint density at radius 3 is 2.95 bits per heavy atom. The van der Waals surface area contributed by atoms with E-state index in [1.165, 1.54) is 0 Å². The minimum Gasteiger partial charge on any atom is -0.374 e. The number of rotatable bonds is 6. The topological polar surface area (TPSA) is 39.1 Å². The Morgan fingerprint density at radius 2 is 2.37 bits per heavy atom. The first kappa shape index (κ1) is 14.5. The fourth-order valence-electron chi connectivity index (χ4n) is 2.83. The molecule has 0 bridgehead atoms. The predicted octanol–water partition coefficient (Wildman–Crippen LogP) is 2.55. The largest absolute Gasteiger partial charge is 0.374 e. The molecule has 3 unspecified atom stereocenters. The summed E-state index contributed by atoms with van der Waals surface area (Å²) >= 11 is 0. The van der Waals surface area contributed by atoms with Gasteiger partial charge in [-0.25, -0.2) is 0 Å². The molecule has 0 radical (unpaired) electrons. The van der Waals surface area contributed by atoms with Gasteiger partial charge in [-0.3, -0.25) is 4.68 Å². The summed E-state index contributed by atoms with van der Waals surface area (Å²) in [6, 6.07) is 2.94. The summed E-state index contributed by atoms with van der Waals surface area (Å²) in [6.45, 7) is 7.49. The van der Waals surface area contributed by atoms with Crippen molar-refractivity contribution in [2.24, 2.45) is 0 Å². The first-order valence-electron chi connectivity index (χ1n) is 7.44. The highest BCUT2D eigenvalue weighted by Crippen LogP contribution is 2.30. The molecule has 1 aromatic heterocycles. The second kappa shape index (κ2) is 6.06. The highest BCUT2D eigenvalue weighted by Gasteiger charge is 2.37. The third-order valence-corrected chi connectivity index (χ3v) is 4.45. The normalized spacial score (nSPS) is 26.5. The van der Waals surface area contributed by atoms with Gasteiger partial charge in [0.2, 0.25) is 0 Å². The van der Waals surface area contributed by atoms with Gasteiger partial charge >= 0.3 is 0 Å². The van der Waals surface area contributed by atoms with E-state index in [4.69, 9.17) is 9.84 Å². The van der Waals surface area contributed by atoms with Crippen LogP contribution >= 0.6 is 0 Å². The van der Waals surface area contributed by atoms with Gasteiger partial charge in [0.15, 0.2) is 0 Å². The monoisotopic (exact) mass is 265 g/mol. The van der Waals surface area contributed by atoms with E-state index in [2.05, 4.69) is 43.0 Å². The Hall–Kier alpha value is -0.870. The standard InChI is InChI=1S/C15H27N3O/c1-5-12(2)18-9-7-13(17-18)11-14(16-4)15(3)8-6-10-19-15/h7,9,12,14,16H,5-6,8,10-11H2,1-4H3. The van der Waals surface area contributed by atoms with Crippen LogP contribution in [0.15, 0.2) is 12.3 Å². The van der Waals surface area contributed by atoms with E-state index in [1.54, 1.807) is 0 Å². The molecule has 0 aliphatic carbocycles. The molecule has 2 heterocycles. The summed E-state index contributed by atoms with van der Waals surface area (Å²) in [7, 11) is 2.02. The van der Waals surface area contributed by atoms with Crippen LogP contribution in [0.4, 0.5) is 0 Å². The Balaban J connectivity index is 2.04. The van der Waals surface area contributed by atoms with Gasteiger partial charge in [-0.05, 0) is 46.2 Å². The van der Waals surface area contributed by atoms with E-state index in [9.17, 15) is 0 Å². The highest BCUT2D eigenvalue weighted by molar-refractivity contribution is 5.06. The van der Waals surface area contributed by atoms with Crippen LogP contribution in [-0.4, -0.2) is 35.1 Å². The zero-order valence-electron chi connectivity index (χ0n) is 12.6. The molecule has 3 atom stereocenters. The quantitative estimate of drug-likeness (QED) is 0.859. The van der Waals surface area contributed by atoms with E-state index in [0.717, 1.165) is 38.0 Å². The SMILES string of the molecule is CCC(C)n1ccc(CC(NC)C2(C)CCCO2)n1. The van der Waals surface area contributed by atoms with Gasteiger partial charge in [-0.15, -0.1) is 0 Å². The lowest BCUT2D eigenvalue weighted by molar-refractivity contribution is -0.00971. The van der Waals surface area contributed by atoms with Gasteiger partial charge < -0.3 is 10.1 Å². The van der Waals surface area contributed by atoms with Crippen LogP contribution in [0.25, 0.3) is 0 Å². The Kier molecular flexibility index (Phi) is 4.63. The van der Waals surface area contributed by atoms with Crippen LogP contribution in [-0.2, 0) is 11.2 Å². The van der Waals surface area contributed by atoms with Gasteiger partial charge in [-0.2, -0.15) is 5.10 Å². The van der Waals surface area contributed by atoms with Gasteiger partial charge in [0, 0.05) is 31.3 Å². The van der Waals surface area contributed by atoms with Gasteiger partial charge in [0.1, 0.15) is 0 Å². The van der Waals surface area contributed by atoms with Crippen molar-refractivity contribution in [1.82, 2.24) is 15.1 Å². The fraction of sp³-hybridized carbons (Fsp3) is 0.800. The molecule has 108 valence electrons.